The van der Waals surface area contributed by atoms with E-state index in [0.717, 1.165) is 36.1 Å². The predicted octanol–water partition coefficient (Wildman–Crippen LogP) is 5.61. The number of amides is 2. The summed E-state index contributed by atoms with van der Waals surface area (Å²) in [5.41, 5.74) is 2.77. The van der Waals surface area contributed by atoms with E-state index in [1.165, 1.54) is 0 Å². The topological polar surface area (TPSA) is 87.1 Å². The van der Waals surface area contributed by atoms with Gasteiger partial charge in [0.15, 0.2) is 0 Å². The summed E-state index contributed by atoms with van der Waals surface area (Å²) in [7, 11) is 0. The maximum absolute atomic E-state index is 14.9. The Labute approximate surface area is 255 Å². The summed E-state index contributed by atoms with van der Waals surface area (Å²) in [6.07, 6.45) is 7.96. The van der Waals surface area contributed by atoms with E-state index in [-0.39, 0.29) is 36.9 Å². The number of likely N-dealkylation sites (tertiary alicyclic amines) is 1. The second kappa shape index (κ2) is 13.0. The number of carbonyl (C=O) groups excluding carboxylic acids is 3. The number of benzene rings is 1. The summed E-state index contributed by atoms with van der Waals surface area (Å²) in [6, 6.07) is 4.67. The maximum atomic E-state index is 14.9. The highest BCUT2D eigenvalue weighted by Crippen LogP contribution is 2.72. The molecule has 1 aromatic carbocycles. The highest BCUT2D eigenvalue weighted by atomic mass is 32.2. The van der Waals surface area contributed by atoms with Gasteiger partial charge >= 0.3 is 5.97 Å². The molecule has 6 atom stereocenters. The molecule has 2 amide bonds. The lowest BCUT2D eigenvalue weighted by atomic mass is 9.66. The second-order valence-corrected chi connectivity index (χ2v) is 14.8. The lowest BCUT2D eigenvalue weighted by molar-refractivity contribution is -0.156. The quantitative estimate of drug-likeness (QED) is 0.171. The summed E-state index contributed by atoms with van der Waals surface area (Å²) in [5.74, 6) is -1.87. The number of aliphatic hydroxyl groups is 1. The zero-order valence-electron chi connectivity index (χ0n) is 25.9. The molecule has 230 valence electrons. The first-order valence-electron chi connectivity index (χ1n) is 15.4. The molecule has 8 heteroatoms. The fraction of sp³-hybridized carbons (Fsp3) is 0.618. The van der Waals surface area contributed by atoms with Crippen LogP contribution >= 0.6 is 11.8 Å². The van der Waals surface area contributed by atoms with Crippen LogP contribution in [-0.2, 0) is 19.1 Å². The third-order valence-corrected chi connectivity index (χ3v) is 11.3. The molecule has 3 aliphatic rings. The molecule has 4 rings (SSSR count). The van der Waals surface area contributed by atoms with Crippen molar-refractivity contribution in [3.63, 3.8) is 0 Å². The Morgan fingerprint density at radius 1 is 1.21 bits per heavy atom. The van der Waals surface area contributed by atoms with Gasteiger partial charge in [0, 0.05) is 17.0 Å². The van der Waals surface area contributed by atoms with E-state index in [9.17, 15) is 19.5 Å². The number of nitrogens with zero attached hydrogens (tertiary/aromatic N) is 2. The van der Waals surface area contributed by atoms with Gasteiger partial charge in [-0.3, -0.25) is 14.4 Å². The zero-order chi connectivity index (χ0) is 30.8. The molecule has 3 fully saturated rings. The molecule has 2 unspecified atom stereocenters. The molecule has 0 aromatic heterocycles. The van der Waals surface area contributed by atoms with Gasteiger partial charge < -0.3 is 19.6 Å². The molecule has 1 spiro atoms. The summed E-state index contributed by atoms with van der Waals surface area (Å²) < 4.78 is 4.51. The van der Waals surface area contributed by atoms with Gasteiger partial charge in [-0.15, -0.1) is 24.9 Å². The first kappa shape index (κ1) is 32.3. The van der Waals surface area contributed by atoms with E-state index in [4.69, 9.17) is 4.74 Å². The molecule has 2 bridgehead atoms. The number of carbonyl (C=O) groups is 3. The first-order valence-corrected chi connectivity index (χ1v) is 16.2. The fourth-order valence-corrected chi connectivity index (χ4v) is 9.79. The number of aliphatic hydroxyl groups excluding tert-OH is 1. The number of fused-ring (bicyclic) bond motifs is 1. The largest absolute Gasteiger partial charge is 0.465 e. The van der Waals surface area contributed by atoms with E-state index in [2.05, 4.69) is 20.1 Å². The molecule has 1 aromatic rings. The van der Waals surface area contributed by atoms with E-state index >= 15 is 0 Å². The van der Waals surface area contributed by atoms with Gasteiger partial charge in [0.1, 0.15) is 6.04 Å². The molecular weight excluding hydrogens is 548 g/mol. The molecule has 0 aliphatic carbocycles. The lowest BCUT2D eigenvalue weighted by Crippen LogP contribution is -2.58. The van der Waals surface area contributed by atoms with E-state index < -0.39 is 33.4 Å². The van der Waals surface area contributed by atoms with Crippen LogP contribution in [0, 0.1) is 31.6 Å². The Morgan fingerprint density at radius 3 is 2.60 bits per heavy atom. The van der Waals surface area contributed by atoms with Crippen molar-refractivity contribution in [2.24, 2.45) is 17.8 Å². The molecule has 7 nitrogen and oxygen atoms in total. The number of ether oxygens (including phenoxy) is 1. The van der Waals surface area contributed by atoms with Crippen molar-refractivity contribution in [1.82, 2.24) is 4.90 Å². The Bertz CT molecular complexity index is 1220. The highest BCUT2D eigenvalue weighted by molar-refractivity contribution is 8.02. The van der Waals surface area contributed by atoms with Gasteiger partial charge in [-0.05, 0) is 82.4 Å². The van der Waals surface area contributed by atoms with Crippen LogP contribution in [0.2, 0.25) is 0 Å². The van der Waals surface area contributed by atoms with Crippen molar-refractivity contribution in [1.29, 1.82) is 0 Å². The summed E-state index contributed by atoms with van der Waals surface area (Å²) >= 11 is 1.63. The number of thioether (sulfide) groups is 1. The first-order chi connectivity index (χ1) is 20.0. The Hall–Kier alpha value is -2.58. The third kappa shape index (κ3) is 5.69. The molecule has 3 saturated heterocycles. The molecule has 1 N–H and O–H groups in total. The molecule has 0 saturated carbocycles. The van der Waals surface area contributed by atoms with Crippen LogP contribution in [0.3, 0.4) is 0 Å². The van der Waals surface area contributed by atoms with Crippen molar-refractivity contribution >= 4 is 35.2 Å². The van der Waals surface area contributed by atoms with Gasteiger partial charge in [0.25, 0.3) is 5.91 Å². The van der Waals surface area contributed by atoms with Crippen LogP contribution in [0.4, 0.5) is 5.69 Å². The van der Waals surface area contributed by atoms with Gasteiger partial charge in [0.05, 0.1) is 35.8 Å². The smallest absolute Gasteiger partial charge is 0.311 e. The average Bonchev–Trinajstić information content (AvgIpc) is 3.51. The third-order valence-electron chi connectivity index (χ3n) is 9.33. The van der Waals surface area contributed by atoms with Crippen molar-refractivity contribution in [2.45, 2.75) is 94.7 Å². The van der Waals surface area contributed by atoms with Crippen molar-refractivity contribution < 1.29 is 24.2 Å². The van der Waals surface area contributed by atoms with Crippen LogP contribution in [0.25, 0.3) is 0 Å². The van der Waals surface area contributed by atoms with Crippen LogP contribution < -0.4 is 4.90 Å². The summed E-state index contributed by atoms with van der Waals surface area (Å²) in [4.78, 5) is 46.6. The predicted molar refractivity (Wildman–Crippen MR) is 169 cm³/mol. The highest BCUT2D eigenvalue weighted by Gasteiger charge is 2.78. The zero-order valence-corrected chi connectivity index (χ0v) is 26.8. The maximum Gasteiger partial charge on any atom is 0.311 e. The Balaban J connectivity index is 1.78. The number of hydrogen-bond donors (Lipinski definition) is 1. The Morgan fingerprint density at radius 2 is 1.95 bits per heavy atom. The van der Waals surface area contributed by atoms with Crippen LogP contribution in [0.15, 0.2) is 43.5 Å². The number of esters is 1. The Kier molecular flexibility index (Phi) is 9.98. The van der Waals surface area contributed by atoms with E-state index in [1.54, 1.807) is 27.6 Å². The van der Waals surface area contributed by atoms with E-state index in [1.807, 2.05) is 52.0 Å². The van der Waals surface area contributed by atoms with Gasteiger partial charge in [0.2, 0.25) is 5.91 Å². The molecule has 42 heavy (non-hydrogen) atoms. The number of hydrogen-bond acceptors (Lipinski definition) is 6. The molecule has 0 radical (unpaired) electrons. The SMILES string of the molecule is C=CCCCCOC(=O)[C@@H]1[C@H]2C(=O)N([C@@H](CO)CC(C)C)C(C(=O)N(CC=C)c3cc(C)ccc3C)C23CC[C@@]1(C)S3. The van der Waals surface area contributed by atoms with Crippen LogP contribution in [-0.4, -0.2) is 69.1 Å². The second-order valence-electron chi connectivity index (χ2n) is 12.9. The molecule has 3 heterocycles. The summed E-state index contributed by atoms with van der Waals surface area (Å²) in [6.45, 7) is 18.1. The van der Waals surface area contributed by atoms with Crippen molar-refractivity contribution in [3.05, 3.63) is 54.6 Å². The number of aryl methyl sites for hydroxylation is 2. The number of anilines is 1. The van der Waals surface area contributed by atoms with E-state index in [0.29, 0.717) is 25.9 Å². The van der Waals surface area contributed by atoms with Gasteiger partial charge in [-0.25, -0.2) is 0 Å². The normalized spacial score (nSPS) is 28.6. The number of allylic oxidation sites excluding steroid dienone is 1. The van der Waals surface area contributed by atoms with Gasteiger partial charge in [-0.2, -0.15) is 0 Å². The van der Waals surface area contributed by atoms with Crippen molar-refractivity contribution in [2.75, 3.05) is 24.7 Å². The monoisotopic (exact) mass is 596 g/mol. The van der Waals surface area contributed by atoms with Gasteiger partial charge in [-0.1, -0.05) is 38.1 Å². The summed E-state index contributed by atoms with van der Waals surface area (Å²) in [5, 5.41) is 10.6. The number of rotatable bonds is 14. The van der Waals surface area contributed by atoms with Crippen molar-refractivity contribution in [3.8, 4) is 0 Å². The number of unbranched alkanes of at least 4 members (excludes halogenated alkanes) is 2. The minimum atomic E-state index is -0.817. The minimum Gasteiger partial charge on any atom is -0.465 e. The lowest BCUT2D eigenvalue weighted by Gasteiger charge is -2.40. The molecule has 3 aliphatic heterocycles. The minimum absolute atomic E-state index is 0.183. The standard InChI is InChI=1S/C34H48N2O5S/c1-8-10-11-12-18-41-32(40)28-27-30(38)36(25(21-37)19-22(3)4)29(34(27)16-15-33(28,7)42-34)31(39)35(17-9-2)26-20-23(5)13-14-24(26)6/h8-9,13-14,20,22,25,27-29,37H,1-2,10-12,15-19,21H2,3-7H3/t25-,27+,28+,29?,33-,34?/m1/s1. The fourth-order valence-electron chi connectivity index (χ4n) is 7.46. The molecular formula is C34H48N2O5S. The average molecular weight is 597 g/mol. The van der Waals surface area contributed by atoms with Crippen LogP contribution in [0.5, 0.6) is 0 Å². The van der Waals surface area contributed by atoms with Crippen LogP contribution in [0.1, 0.15) is 70.4 Å².